The van der Waals surface area contributed by atoms with Crippen molar-refractivity contribution < 1.29 is 9.90 Å². The van der Waals surface area contributed by atoms with E-state index >= 15 is 0 Å². The predicted octanol–water partition coefficient (Wildman–Crippen LogP) is 0.758. The van der Waals surface area contributed by atoms with E-state index in [0.717, 1.165) is 12.8 Å². The number of rotatable bonds is 0. The molecule has 0 amide bonds. The molecule has 2 bridgehead atoms. The third kappa shape index (κ3) is 0.589. The summed E-state index contributed by atoms with van der Waals surface area (Å²) in [6, 6.07) is 0. The zero-order chi connectivity index (χ0) is 8.29. The maximum absolute atomic E-state index is 11.4. The number of Topliss-reactive ketones (excluding diaryl/α,β-unsaturated/α-hetero) is 1. The maximum Gasteiger partial charge on any atom is 0.164 e. The number of ketones is 1. The molecule has 0 unspecified atom stereocenters. The molecular formula is C10H12O2. The van der Waals surface area contributed by atoms with Gasteiger partial charge >= 0.3 is 0 Å². The van der Waals surface area contributed by atoms with Gasteiger partial charge in [-0.25, -0.2) is 0 Å². The van der Waals surface area contributed by atoms with Gasteiger partial charge < -0.3 is 5.11 Å². The average molecular weight is 164 g/mol. The number of fused-ring (bicyclic) bond motifs is 5. The molecule has 0 spiro atoms. The first-order chi connectivity index (χ1) is 5.79. The summed E-state index contributed by atoms with van der Waals surface area (Å²) < 4.78 is 0. The fraction of sp³-hybridized carbons (Fsp3) is 0.700. The summed E-state index contributed by atoms with van der Waals surface area (Å²) in [7, 11) is 0. The minimum absolute atomic E-state index is 0.116. The molecule has 64 valence electrons. The molecule has 0 aromatic rings. The maximum atomic E-state index is 11.4. The lowest BCUT2D eigenvalue weighted by Crippen LogP contribution is -2.36. The standard InChI is InChI=1S/C10H12O2/c11-9-7-4-8(10(9)12)6-3-1-2-5(6)7/h1-2,5-9,11H,3-4H2/t5-,6+,7+,8-,9+/m1/s1. The molecule has 12 heavy (non-hydrogen) atoms. The van der Waals surface area contributed by atoms with Crippen LogP contribution in [0.5, 0.6) is 0 Å². The number of allylic oxidation sites excluding steroid dienone is 2. The summed E-state index contributed by atoms with van der Waals surface area (Å²) in [4.78, 5) is 11.4. The van der Waals surface area contributed by atoms with Crippen LogP contribution in [0.2, 0.25) is 0 Å². The zero-order valence-electron chi connectivity index (χ0n) is 6.81. The van der Waals surface area contributed by atoms with E-state index in [1.165, 1.54) is 0 Å². The van der Waals surface area contributed by atoms with Crippen molar-refractivity contribution in [2.45, 2.75) is 18.9 Å². The molecule has 0 radical (unpaired) electrons. The molecule has 0 aliphatic heterocycles. The van der Waals surface area contributed by atoms with E-state index in [1.807, 2.05) is 0 Å². The van der Waals surface area contributed by atoms with Crippen molar-refractivity contribution in [2.75, 3.05) is 0 Å². The molecule has 3 aliphatic carbocycles. The lowest BCUT2D eigenvalue weighted by molar-refractivity contribution is -0.133. The quantitative estimate of drug-likeness (QED) is 0.537. The van der Waals surface area contributed by atoms with Gasteiger partial charge in [-0.2, -0.15) is 0 Å². The number of aliphatic hydroxyl groups is 1. The molecule has 3 aliphatic rings. The molecular weight excluding hydrogens is 152 g/mol. The number of hydrogen-bond donors (Lipinski definition) is 1. The SMILES string of the molecule is O=C1[C@@H](O)[C@H]2C[C@@H]1[C@H]1CC=C[C@@H]21. The van der Waals surface area contributed by atoms with Gasteiger partial charge in [0, 0.05) is 5.92 Å². The highest BCUT2D eigenvalue weighted by molar-refractivity contribution is 5.89. The Labute approximate surface area is 71.3 Å². The Kier molecular flexibility index (Phi) is 1.14. The van der Waals surface area contributed by atoms with Gasteiger partial charge in [0.15, 0.2) is 5.78 Å². The van der Waals surface area contributed by atoms with Gasteiger partial charge in [0.2, 0.25) is 0 Å². The van der Waals surface area contributed by atoms with E-state index in [1.54, 1.807) is 0 Å². The van der Waals surface area contributed by atoms with E-state index in [2.05, 4.69) is 12.2 Å². The number of hydrogen-bond acceptors (Lipinski definition) is 2. The van der Waals surface area contributed by atoms with E-state index in [0.29, 0.717) is 11.8 Å². The van der Waals surface area contributed by atoms with Crippen molar-refractivity contribution in [3.05, 3.63) is 12.2 Å². The summed E-state index contributed by atoms with van der Waals surface area (Å²) in [6.45, 7) is 0. The van der Waals surface area contributed by atoms with E-state index in [4.69, 9.17) is 0 Å². The van der Waals surface area contributed by atoms with Crippen molar-refractivity contribution in [2.24, 2.45) is 23.7 Å². The summed E-state index contributed by atoms with van der Waals surface area (Å²) in [5, 5.41) is 9.55. The monoisotopic (exact) mass is 164 g/mol. The lowest BCUT2D eigenvalue weighted by atomic mass is 9.79. The van der Waals surface area contributed by atoms with E-state index < -0.39 is 6.10 Å². The molecule has 1 N–H and O–H groups in total. The summed E-state index contributed by atoms with van der Waals surface area (Å²) in [6.07, 6.45) is 5.73. The molecule has 3 rings (SSSR count). The van der Waals surface area contributed by atoms with Crippen molar-refractivity contribution in [1.82, 2.24) is 0 Å². The van der Waals surface area contributed by atoms with Crippen LogP contribution in [0.1, 0.15) is 12.8 Å². The highest BCUT2D eigenvalue weighted by atomic mass is 16.3. The molecule has 2 heteroatoms. The van der Waals surface area contributed by atoms with Gasteiger partial charge in [-0.3, -0.25) is 4.79 Å². The van der Waals surface area contributed by atoms with Gasteiger partial charge in [-0.1, -0.05) is 12.2 Å². The third-order valence-electron chi connectivity index (χ3n) is 3.86. The number of carbonyl (C=O) groups excluding carboxylic acids is 1. The van der Waals surface area contributed by atoms with Crippen molar-refractivity contribution in [3.63, 3.8) is 0 Å². The van der Waals surface area contributed by atoms with Gasteiger partial charge in [-0.15, -0.1) is 0 Å². The minimum Gasteiger partial charge on any atom is -0.385 e. The van der Waals surface area contributed by atoms with Crippen LogP contribution in [0, 0.1) is 23.7 Å². The fourth-order valence-corrected chi connectivity index (χ4v) is 3.31. The van der Waals surface area contributed by atoms with Gasteiger partial charge in [0.1, 0.15) is 6.10 Å². The number of aliphatic hydroxyl groups excluding tert-OH is 1. The van der Waals surface area contributed by atoms with Crippen molar-refractivity contribution in [3.8, 4) is 0 Å². The van der Waals surface area contributed by atoms with Crippen LogP contribution in [-0.2, 0) is 4.79 Å². The second kappa shape index (κ2) is 1.99. The molecule has 0 heterocycles. The third-order valence-corrected chi connectivity index (χ3v) is 3.86. The first-order valence-electron chi connectivity index (χ1n) is 4.67. The molecule has 5 atom stereocenters. The van der Waals surface area contributed by atoms with Crippen LogP contribution in [0.4, 0.5) is 0 Å². The van der Waals surface area contributed by atoms with Crippen LogP contribution in [0.3, 0.4) is 0 Å². The second-order valence-electron chi connectivity index (χ2n) is 4.26. The van der Waals surface area contributed by atoms with E-state index in [-0.39, 0.29) is 17.6 Å². The van der Waals surface area contributed by atoms with Crippen molar-refractivity contribution >= 4 is 5.78 Å². The Bertz CT molecular complexity index is 269. The van der Waals surface area contributed by atoms with Gasteiger partial charge in [-0.05, 0) is 30.6 Å². The molecule has 2 fully saturated rings. The number of carbonyl (C=O) groups is 1. The Morgan fingerprint density at radius 1 is 1.42 bits per heavy atom. The fourth-order valence-electron chi connectivity index (χ4n) is 3.31. The molecule has 2 saturated carbocycles. The summed E-state index contributed by atoms with van der Waals surface area (Å²) >= 11 is 0. The second-order valence-corrected chi connectivity index (χ2v) is 4.26. The Morgan fingerprint density at radius 3 is 3.08 bits per heavy atom. The molecule has 0 aromatic heterocycles. The Balaban J connectivity index is 2.00. The predicted molar refractivity (Wildman–Crippen MR) is 43.3 cm³/mol. The minimum atomic E-state index is -0.640. The first-order valence-corrected chi connectivity index (χ1v) is 4.67. The lowest BCUT2D eigenvalue weighted by Gasteiger charge is -2.26. The van der Waals surface area contributed by atoms with Crippen LogP contribution in [-0.4, -0.2) is 17.0 Å². The average Bonchev–Trinajstić information content (AvgIpc) is 2.63. The Hall–Kier alpha value is -0.630. The topological polar surface area (TPSA) is 37.3 Å². The Morgan fingerprint density at radius 2 is 2.25 bits per heavy atom. The smallest absolute Gasteiger partial charge is 0.164 e. The molecule has 0 aromatic carbocycles. The summed E-state index contributed by atoms with van der Waals surface area (Å²) in [5.74, 6) is 1.62. The highest BCUT2D eigenvalue weighted by Crippen LogP contribution is 2.54. The van der Waals surface area contributed by atoms with Crippen LogP contribution in [0.15, 0.2) is 12.2 Å². The van der Waals surface area contributed by atoms with Crippen molar-refractivity contribution in [1.29, 1.82) is 0 Å². The first kappa shape index (κ1) is 6.84. The van der Waals surface area contributed by atoms with Gasteiger partial charge in [0.05, 0.1) is 0 Å². The molecule has 0 saturated heterocycles. The zero-order valence-corrected chi connectivity index (χ0v) is 6.81. The van der Waals surface area contributed by atoms with Crippen LogP contribution in [0.25, 0.3) is 0 Å². The summed E-state index contributed by atoms with van der Waals surface area (Å²) in [5.41, 5.74) is 0. The normalized spacial score (nSPS) is 55.1. The van der Waals surface area contributed by atoms with E-state index in [9.17, 15) is 9.90 Å². The van der Waals surface area contributed by atoms with Crippen LogP contribution >= 0.6 is 0 Å². The van der Waals surface area contributed by atoms with Crippen LogP contribution < -0.4 is 0 Å². The highest BCUT2D eigenvalue weighted by Gasteiger charge is 2.57. The molecule has 2 nitrogen and oxygen atoms in total. The van der Waals surface area contributed by atoms with Gasteiger partial charge in [0.25, 0.3) is 0 Å². The largest absolute Gasteiger partial charge is 0.385 e.